The highest BCUT2D eigenvalue weighted by molar-refractivity contribution is 5.90. The third-order valence-electron chi connectivity index (χ3n) is 6.62. The molecule has 38 heavy (non-hydrogen) atoms. The van der Waals surface area contributed by atoms with Crippen molar-refractivity contribution in [3.63, 3.8) is 0 Å². The number of ether oxygens (including phenoxy) is 1. The van der Waals surface area contributed by atoms with Crippen LogP contribution in [0, 0.1) is 5.82 Å². The maximum Gasteiger partial charge on any atom is 0.341 e. The molecule has 0 radical (unpaired) electrons. The monoisotopic (exact) mass is 520 g/mol. The number of imidazole rings is 1. The molecule has 5 aromatic rings. The van der Waals surface area contributed by atoms with Crippen LogP contribution in [0.3, 0.4) is 0 Å². The number of carboxylic acid groups (broad SMARTS) is 1. The second kappa shape index (κ2) is 9.67. The minimum absolute atomic E-state index is 0.194. The van der Waals surface area contributed by atoms with Crippen molar-refractivity contribution in [1.29, 1.82) is 0 Å². The number of nitrogens with two attached hydrogens (primary N) is 1. The number of piperazine rings is 1. The molecule has 0 spiro atoms. The zero-order valence-corrected chi connectivity index (χ0v) is 20.3. The van der Waals surface area contributed by atoms with Crippen LogP contribution in [0.4, 0.5) is 16.0 Å². The maximum atomic E-state index is 14.6. The van der Waals surface area contributed by atoms with Gasteiger partial charge in [0.1, 0.15) is 28.3 Å². The van der Waals surface area contributed by atoms with Gasteiger partial charge in [0.05, 0.1) is 18.3 Å². The van der Waals surface area contributed by atoms with Gasteiger partial charge in [-0.25, -0.2) is 14.2 Å². The lowest BCUT2D eigenvalue weighted by atomic mass is 10.2. The molecular formula is C25H25FN8O4. The van der Waals surface area contributed by atoms with Crippen LogP contribution < -0.4 is 15.4 Å². The average molecular weight is 521 g/mol. The van der Waals surface area contributed by atoms with Crippen LogP contribution in [0.2, 0.25) is 0 Å². The van der Waals surface area contributed by atoms with Gasteiger partial charge in [-0.1, -0.05) is 0 Å². The van der Waals surface area contributed by atoms with Gasteiger partial charge in [0.15, 0.2) is 18.0 Å². The van der Waals surface area contributed by atoms with E-state index in [0.29, 0.717) is 47.9 Å². The summed E-state index contributed by atoms with van der Waals surface area (Å²) in [5.41, 5.74) is 9.50. The normalized spacial score (nSPS) is 14.5. The van der Waals surface area contributed by atoms with E-state index in [4.69, 9.17) is 20.0 Å². The molecule has 0 bridgehead atoms. The molecule has 0 unspecified atom stereocenters. The number of aromatic nitrogens is 5. The molecule has 0 atom stereocenters. The number of hydrogen-bond acceptors (Lipinski definition) is 9. The predicted octanol–water partition coefficient (Wildman–Crippen LogP) is 2.35. The SMILES string of the molecule is Nc1nc2c(ncn2CCN2CCN(c3ccc(OCC(=O)O)cc3F)CC2)c2cc(-c3ccco3)nn12. The van der Waals surface area contributed by atoms with Gasteiger partial charge in [0, 0.05) is 45.3 Å². The van der Waals surface area contributed by atoms with Crippen molar-refractivity contribution >= 4 is 34.3 Å². The van der Waals surface area contributed by atoms with E-state index in [0.717, 1.165) is 25.2 Å². The molecule has 6 rings (SSSR count). The van der Waals surface area contributed by atoms with Crippen molar-refractivity contribution in [2.45, 2.75) is 6.54 Å². The summed E-state index contributed by atoms with van der Waals surface area (Å²) in [7, 11) is 0. The molecular weight excluding hydrogens is 495 g/mol. The first-order valence-corrected chi connectivity index (χ1v) is 12.1. The summed E-state index contributed by atoms with van der Waals surface area (Å²) in [6, 6.07) is 9.97. The molecule has 4 aromatic heterocycles. The van der Waals surface area contributed by atoms with Gasteiger partial charge in [0.2, 0.25) is 5.95 Å². The van der Waals surface area contributed by atoms with Crippen LogP contribution in [-0.4, -0.2) is 79.5 Å². The molecule has 1 fully saturated rings. The summed E-state index contributed by atoms with van der Waals surface area (Å²) in [5.74, 6) is -0.442. The zero-order chi connectivity index (χ0) is 26.2. The van der Waals surface area contributed by atoms with Crippen LogP contribution >= 0.6 is 0 Å². The molecule has 0 saturated carbocycles. The first kappa shape index (κ1) is 23.7. The molecule has 13 heteroatoms. The van der Waals surface area contributed by atoms with Gasteiger partial charge in [-0.15, -0.1) is 0 Å². The Kier molecular flexibility index (Phi) is 6.04. The minimum atomic E-state index is -1.11. The first-order chi connectivity index (χ1) is 18.5. The van der Waals surface area contributed by atoms with Crippen molar-refractivity contribution in [1.82, 2.24) is 29.0 Å². The van der Waals surface area contributed by atoms with E-state index in [2.05, 4.69) is 20.0 Å². The summed E-state index contributed by atoms with van der Waals surface area (Å²) in [6.45, 7) is 3.78. The second-order valence-corrected chi connectivity index (χ2v) is 9.01. The van der Waals surface area contributed by atoms with E-state index in [1.807, 2.05) is 21.6 Å². The van der Waals surface area contributed by atoms with Crippen molar-refractivity contribution < 1.29 is 23.4 Å². The van der Waals surface area contributed by atoms with Crippen LogP contribution in [0.1, 0.15) is 0 Å². The van der Waals surface area contributed by atoms with Gasteiger partial charge < -0.3 is 29.5 Å². The fraction of sp³-hybridized carbons (Fsp3) is 0.280. The molecule has 3 N–H and O–H groups in total. The number of anilines is 2. The maximum absolute atomic E-state index is 14.6. The van der Waals surface area contributed by atoms with E-state index in [1.54, 1.807) is 35.3 Å². The fourth-order valence-electron chi connectivity index (χ4n) is 4.70. The number of nitrogens with zero attached hydrogens (tertiary/aromatic N) is 7. The van der Waals surface area contributed by atoms with Gasteiger partial charge in [-0.05, 0) is 30.3 Å². The Balaban J connectivity index is 1.10. The standard InChI is InChI=1S/C25H25FN8O4/c26-17-12-16(38-14-22(35)36)3-4-19(17)32-8-5-31(6-9-32)7-10-33-15-28-23-20-13-18(21-2-1-11-37-21)30-34(20)25(27)29-24(23)33/h1-4,11-13,15H,5-10,14H2,(H2,27,29)(H,35,36). The van der Waals surface area contributed by atoms with E-state index >= 15 is 0 Å². The van der Waals surface area contributed by atoms with Crippen molar-refractivity contribution in [2.24, 2.45) is 0 Å². The Morgan fingerprint density at radius 3 is 2.74 bits per heavy atom. The van der Waals surface area contributed by atoms with Gasteiger partial charge in [-0.2, -0.15) is 14.6 Å². The van der Waals surface area contributed by atoms with E-state index in [1.165, 1.54) is 6.07 Å². The van der Waals surface area contributed by atoms with Crippen molar-refractivity contribution in [3.8, 4) is 17.2 Å². The third kappa shape index (κ3) is 4.47. The first-order valence-electron chi connectivity index (χ1n) is 12.1. The lowest BCUT2D eigenvalue weighted by Crippen LogP contribution is -2.47. The Hall–Kier alpha value is -4.65. The Bertz CT molecular complexity index is 1600. The highest BCUT2D eigenvalue weighted by Crippen LogP contribution is 2.27. The van der Waals surface area contributed by atoms with Gasteiger partial charge in [-0.3, -0.25) is 4.90 Å². The Morgan fingerprint density at radius 2 is 2.00 bits per heavy atom. The van der Waals surface area contributed by atoms with Crippen molar-refractivity contribution in [3.05, 3.63) is 54.8 Å². The zero-order valence-electron chi connectivity index (χ0n) is 20.3. The summed E-state index contributed by atoms with van der Waals surface area (Å²) in [5, 5.41) is 13.2. The number of furan rings is 1. The predicted molar refractivity (Wildman–Crippen MR) is 137 cm³/mol. The Labute approximate surface area is 215 Å². The number of fused-ring (bicyclic) bond motifs is 3. The van der Waals surface area contributed by atoms with Crippen molar-refractivity contribution in [2.75, 3.05) is 50.0 Å². The number of carbonyl (C=O) groups is 1. The highest BCUT2D eigenvalue weighted by atomic mass is 19.1. The molecule has 5 heterocycles. The number of halogens is 1. The highest BCUT2D eigenvalue weighted by Gasteiger charge is 2.21. The second-order valence-electron chi connectivity index (χ2n) is 9.01. The number of aliphatic carboxylic acids is 1. The smallest absolute Gasteiger partial charge is 0.341 e. The van der Waals surface area contributed by atoms with Gasteiger partial charge >= 0.3 is 5.97 Å². The molecule has 1 aliphatic heterocycles. The molecule has 1 aromatic carbocycles. The molecule has 196 valence electrons. The summed E-state index contributed by atoms with van der Waals surface area (Å²) in [4.78, 5) is 24.1. The Morgan fingerprint density at radius 1 is 1.16 bits per heavy atom. The van der Waals surface area contributed by atoms with E-state index in [9.17, 15) is 9.18 Å². The minimum Gasteiger partial charge on any atom is -0.482 e. The van der Waals surface area contributed by atoms with Crippen LogP contribution in [0.15, 0.2) is 53.4 Å². The molecule has 0 aliphatic carbocycles. The summed E-state index contributed by atoms with van der Waals surface area (Å²) >= 11 is 0. The number of hydrogen-bond donors (Lipinski definition) is 2. The quantitative estimate of drug-likeness (QED) is 0.313. The number of benzene rings is 1. The third-order valence-corrected chi connectivity index (χ3v) is 6.62. The van der Waals surface area contributed by atoms with E-state index in [-0.39, 0.29) is 11.7 Å². The largest absolute Gasteiger partial charge is 0.482 e. The van der Waals surface area contributed by atoms with Gasteiger partial charge in [0.25, 0.3) is 0 Å². The summed E-state index contributed by atoms with van der Waals surface area (Å²) in [6.07, 6.45) is 3.35. The number of rotatable bonds is 8. The lowest BCUT2D eigenvalue weighted by molar-refractivity contribution is -0.139. The summed E-state index contributed by atoms with van der Waals surface area (Å²) < 4.78 is 28.7. The van der Waals surface area contributed by atoms with Crippen LogP contribution in [0.25, 0.3) is 28.1 Å². The molecule has 0 amide bonds. The topological polar surface area (TPSA) is 140 Å². The molecule has 12 nitrogen and oxygen atoms in total. The number of nitrogen functional groups attached to an aromatic ring is 1. The van der Waals surface area contributed by atoms with Crippen LogP contribution in [-0.2, 0) is 11.3 Å². The van der Waals surface area contributed by atoms with E-state index < -0.39 is 18.4 Å². The fourth-order valence-corrected chi connectivity index (χ4v) is 4.70. The molecule has 1 aliphatic rings. The lowest BCUT2D eigenvalue weighted by Gasteiger charge is -2.36. The molecule has 1 saturated heterocycles. The van der Waals surface area contributed by atoms with Crippen LogP contribution in [0.5, 0.6) is 5.75 Å². The number of carboxylic acids is 1. The average Bonchev–Trinajstić information content (AvgIpc) is 3.66.